The van der Waals surface area contributed by atoms with Crippen LogP contribution in [0.5, 0.6) is 0 Å². The van der Waals surface area contributed by atoms with E-state index in [1.807, 2.05) is 0 Å². The molecule has 106 valence electrons. The number of benzene rings is 1. The third-order valence-electron chi connectivity index (χ3n) is 3.31. The molecule has 1 fully saturated rings. The number of nitrogen functional groups attached to an aromatic ring is 1. The highest BCUT2D eigenvalue weighted by Gasteiger charge is 2.31. The van der Waals surface area contributed by atoms with Crippen LogP contribution >= 0.6 is 0 Å². The maximum Gasteiger partial charge on any atom is 0.182 e. The van der Waals surface area contributed by atoms with Gasteiger partial charge in [0.05, 0.1) is 23.2 Å². The fourth-order valence-electron chi connectivity index (χ4n) is 2.26. The van der Waals surface area contributed by atoms with E-state index in [2.05, 4.69) is 15.5 Å². The Bertz CT molecular complexity index is 758. The van der Waals surface area contributed by atoms with E-state index in [1.165, 1.54) is 16.8 Å². The molecule has 1 aromatic heterocycles. The number of hydrogen-bond donors (Lipinski definition) is 1. The summed E-state index contributed by atoms with van der Waals surface area (Å²) < 4.78 is 38.0. The molecule has 1 aliphatic rings. The molecule has 20 heavy (non-hydrogen) atoms. The van der Waals surface area contributed by atoms with E-state index >= 15 is 0 Å². The fraction of sp³-hybridized carbons (Fsp3) is 0.364. The van der Waals surface area contributed by atoms with Crippen LogP contribution in [0.1, 0.15) is 12.5 Å². The summed E-state index contributed by atoms with van der Waals surface area (Å²) in [4.78, 5) is 0. The van der Waals surface area contributed by atoms with E-state index in [4.69, 9.17) is 5.73 Å². The number of aromatic nitrogens is 4. The summed E-state index contributed by atoms with van der Waals surface area (Å²) in [5, 5.41) is 11.2. The molecule has 1 aliphatic heterocycles. The molecule has 2 aromatic rings. The molecule has 0 amide bonds. The molecule has 0 aliphatic carbocycles. The summed E-state index contributed by atoms with van der Waals surface area (Å²) in [6.45, 7) is 0. The van der Waals surface area contributed by atoms with Crippen molar-refractivity contribution in [2.24, 2.45) is 0 Å². The second kappa shape index (κ2) is 4.51. The van der Waals surface area contributed by atoms with Crippen LogP contribution in [0.3, 0.4) is 0 Å². The average Bonchev–Trinajstić information content (AvgIpc) is 2.98. The zero-order valence-electron chi connectivity index (χ0n) is 10.4. The Kier molecular flexibility index (Phi) is 2.93. The van der Waals surface area contributed by atoms with Gasteiger partial charge in [0, 0.05) is 5.56 Å². The Balaban J connectivity index is 2.00. The summed E-state index contributed by atoms with van der Waals surface area (Å²) in [5.74, 6) is -0.0997. The molecule has 0 radical (unpaired) electrons. The van der Waals surface area contributed by atoms with Crippen LogP contribution in [0.25, 0.3) is 11.4 Å². The molecule has 0 bridgehead atoms. The summed E-state index contributed by atoms with van der Waals surface area (Å²) in [6.07, 6.45) is 0.456. The first-order valence-corrected chi connectivity index (χ1v) is 7.82. The fourth-order valence-corrected chi connectivity index (χ4v) is 3.96. The van der Waals surface area contributed by atoms with E-state index in [0.29, 0.717) is 17.8 Å². The largest absolute Gasteiger partial charge is 0.396 e. The maximum atomic E-state index is 13.5. The van der Waals surface area contributed by atoms with Crippen molar-refractivity contribution in [3.8, 4) is 11.4 Å². The highest BCUT2D eigenvalue weighted by molar-refractivity contribution is 7.91. The van der Waals surface area contributed by atoms with Gasteiger partial charge >= 0.3 is 0 Å². The minimum Gasteiger partial charge on any atom is -0.396 e. The molecule has 2 N–H and O–H groups in total. The Morgan fingerprint density at radius 2 is 2.20 bits per heavy atom. The molecule has 0 spiro atoms. The predicted molar refractivity (Wildman–Crippen MR) is 69.9 cm³/mol. The highest BCUT2D eigenvalue weighted by atomic mass is 32.2. The lowest BCUT2D eigenvalue weighted by atomic mass is 10.1. The average molecular weight is 297 g/mol. The molecule has 0 saturated carbocycles. The van der Waals surface area contributed by atoms with E-state index in [-0.39, 0.29) is 23.2 Å². The maximum absolute atomic E-state index is 13.5. The van der Waals surface area contributed by atoms with E-state index in [1.54, 1.807) is 6.07 Å². The number of nitrogens with zero attached hydrogens (tertiary/aromatic N) is 4. The van der Waals surface area contributed by atoms with E-state index < -0.39 is 15.7 Å². The lowest BCUT2D eigenvalue weighted by molar-refractivity contribution is 0.489. The molecule has 1 saturated heterocycles. The smallest absolute Gasteiger partial charge is 0.182 e. The molecule has 7 nitrogen and oxygen atoms in total. The van der Waals surface area contributed by atoms with Crippen molar-refractivity contribution < 1.29 is 12.8 Å². The molecule has 1 aromatic carbocycles. The van der Waals surface area contributed by atoms with Crippen LogP contribution in [0.15, 0.2) is 18.2 Å². The van der Waals surface area contributed by atoms with Crippen LogP contribution in [0.4, 0.5) is 10.1 Å². The monoisotopic (exact) mass is 297 g/mol. The third-order valence-corrected chi connectivity index (χ3v) is 5.06. The van der Waals surface area contributed by atoms with Gasteiger partial charge in [-0.25, -0.2) is 17.5 Å². The van der Waals surface area contributed by atoms with Crippen molar-refractivity contribution in [2.75, 3.05) is 17.2 Å². The molecular weight excluding hydrogens is 285 g/mol. The van der Waals surface area contributed by atoms with Crippen molar-refractivity contribution in [1.82, 2.24) is 20.2 Å². The SMILES string of the molecule is Nc1ccc(-c2nnnn2C2CCS(=O)(=O)C2)cc1F. The van der Waals surface area contributed by atoms with Gasteiger partial charge in [0.2, 0.25) is 0 Å². The van der Waals surface area contributed by atoms with Gasteiger partial charge < -0.3 is 5.73 Å². The Labute approximate surface area is 114 Å². The number of sulfone groups is 1. The van der Waals surface area contributed by atoms with Crippen LogP contribution in [-0.2, 0) is 9.84 Å². The number of halogens is 1. The number of anilines is 1. The van der Waals surface area contributed by atoms with Crippen molar-refractivity contribution in [2.45, 2.75) is 12.5 Å². The van der Waals surface area contributed by atoms with E-state index in [9.17, 15) is 12.8 Å². The number of rotatable bonds is 2. The van der Waals surface area contributed by atoms with Crippen molar-refractivity contribution >= 4 is 15.5 Å². The second-order valence-corrected chi connectivity index (χ2v) is 6.97. The Morgan fingerprint density at radius 3 is 2.85 bits per heavy atom. The van der Waals surface area contributed by atoms with Gasteiger partial charge in [0.15, 0.2) is 15.7 Å². The minimum atomic E-state index is -3.05. The van der Waals surface area contributed by atoms with Gasteiger partial charge in [0.1, 0.15) is 5.82 Å². The van der Waals surface area contributed by atoms with E-state index in [0.717, 1.165) is 0 Å². The zero-order chi connectivity index (χ0) is 14.3. The molecule has 2 heterocycles. The van der Waals surface area contributed by atoms with Crippen molar-refractivity contribution in [1.29, 1.82) is 0 Å². The van der Waals surface area contributed by atoms with Gasteiger partial charge in [-0.05, 0) is 35.0 Å². The topological polar surface area (TPSA) is 104 Å². The lowest BCUT2D eigenvalue weighted by Gasteiger charge is -2.10. The molecule has 1 atom stereocenters. The second-order valence-electron chi connectivity index (χ2n) is 4.74. The van der Waals surface area contributed by atoms with Crippen LogP contribution < -0.4 is 5.73 Å². The normalized spacial score (nSPS) is 21.1. The van der Waals surface area contributed by atoms with Gasteiger partial charge in [-0.3, -0.25) is 0 Å². The Morgan fingerprint density at radius 1 is 1.40 bits per heavy atom. The standard InChI is InChI=1S/C11H12FN5O2S/c12-9-5-7(1-2-10(9)13)11-14-15-16-17(11)8-3-4-20(18,19)6-8/h1-2,5,8H,3-4,6,13H2. The molecule has 3 rings (SSSR count). The molecule has 9 heteroatoms. The lowest BCUT2D eigenvalue weighted by Crippen LogP contribution is -2.14. The first-order chi connectivity index (χ1) is 9.46. The minimum absolute atomic E-state index is 0.00247. The number of tetrazole rings is 1. The summed E-state index contributed by atoms with van der Waals surface area (Å²) in [7, 11) is -3.05. The zero-order valence-corrected chi connectivity index (χ0v) is 11.2. The van der Waals surface area contributed by atoms with Gasteiger partial charge in [-0.2, -0.15) is 0 Å². The van der Waals surface area contributed by atoms with Crippen LogP contribution in [-0.4, -0.2) is 40.1 Å². The van der Waals surface area contributed by atoms with Crippen LogP contribution in [0.2, 0.25) is 0 Å². The summed E-state index contributed by atoms with van der Waals surface area (Å²) in [5.41, 5.74) is 5.93. The predicted octanol–water partition coefficient (Wildman–Crippen LogP) is 0.421. The van der Waals surface area contributed by atoms with Crippen molar-refractivity contribution in [3.63, 3.8) is 0 Å². The van der Waals surface area contributed by atoms with Crippen LogP contribution in [0, 0.1) is 5.82 Å². The molecule has 1 unspecified atom stereocenters. The first-order valence-electron chi connectivity index (χ1n) is 6.00. The van der Waals surface area contributed by atoms with Crippen molar-refractivity contribution in [3.05, 3.63) is 24.0 Å². The quantitative estimate of drug-likeness (QED) is 0.806. The van der Waals surface area contributed by atoms with Gasteiger partial charge in [-0.15, -0.1) is 5.10 Å². The summed E-state index contributed by atoms with van der Waals surface area (Å²) in [6, 6.07) is 3.95. The summed E-state index contributed by atoms with van der Waals surface area (Å²) >= 11 is 0. The number of nitrogens with two attached hydrogens (primary N) is 1. The van der Waals surface area contributed by atoms with Gasteiger partial charge in [0.25, 0.3) is 0 Å². The molecular formula is C11H12FN5O2S. The highest BCUT2D eigenvalue weighted by Crippen LogP contribution is 2.28. The number of hydrogen-bond acceptors (Lipinski definition) is 6. The third kappa shape index (κ3) is 2.24. The first kappa shape index (κ1) is 13.0. The Hall–Kier alpha value is -2.03. The van der Waals surface area contributed by atoms with Gasteiger partial charge in [-0.1, -0.05) is 0 Å².